The van der Waals surface area contributed by atoms with Gasteiger partial charge >= 0.3 is 0 Å². The predicted octanol–water partition coefficient (Wildman–Crippen LogP) is 2.55. The molecule has 0 fully saturated rings. The lowest BCUT2D eigenvalue weighted by atomic mass is 10.1. The molecule has 1 aliphatic carbocycles. The Morgan fingerprint density at radius 2 is 2.50 bits per heavy atom. The molecule has 10 heavy (non-hydrogen) atoms. The van der Waals surface area contributed by atoms with E-state index in [-0.39, 0.29) is 0 Å². The molecule has 0 aromatic carbocycles. The summed E-state index contributed by atoms with van der Waals surface area (Å²) in [6.45, 7) is 0.898. The Bertz CT molecular complexity index is 112. The maximum atomic E-state index is 5.54. The average molecular weight is 252 g/mol. The summed E-state index contributed by atoms with van der Waals surface area (Å²) in [6, 6.07) is 0. The van der Waals surface area contributed by atoms with Crippen LogP contribution in [0.25, 0.3) is 0 Å². The highest BCUT2D eigenvalue weighted by Gasteiger charge is 2.06. The van der Waals surface area contributed by atoms with Gasteiger partial charge in [0.25, 0.3) is 0 Å². The number of ether oxygens (including phenoxy) is 1. The van der Waals surface area contributed by atoms with Gasteiger partial charge in [-0.25, -0.2) is 0 Å². The summed E-state index contributed by atoms with van der Waals surface area (Å²) < 4.78 is 6.64. The van der Waals surface area contributed by atoms with Gasteiger partial charge in [0.05, 0.1) is 12.7 Å². The van der Waals surface area contributed by atoms with Crippen molar-refractivity contribution in [1.29, 1.82) is 0 Å². The van der Waals surface area contributed by atoms with Gasteiger partial charge in [-0.2, -0.15) is 0 Å². The van der Waals surface area contributed by atoms with Crippen molar-refractivity contribution in [2.75, 3.05) is 11.0 Å². The first-order chi connectivity index (χ1) is 4.93. The van der Waals surface area contributed by atoms with Crippen LogP contribution in [-0.2, 0) is 4.74 Å². The third kappa shape index (κ3) is 3.01. The van der Waals surface area contributed by atoms with Crippen molar-refractivity contribution < 1.29 is 4.74 Å². The van der Waals surface area contributed by atoms with Crippen molar-refractivity contribution in [3.8, 4) is 0 Å². The molecule has 0 spiro atoms. The number of hydrogen-bond acceptors (Lipinski definition) is 1. The fraction of sp³-hybridized carbons (Fsp3) is 0.750. The zero-order chi connectivity index (χ0) is 7.23. The fourth-order valence-corrected chi connectivity index (χ4v) is 1.37. The number of hydrogen-bond donors (Lipinski definition) is 0. The molecule has 0 aromatic heterocycles. The smallest absolute Gasteiger partial charge is 0.0756 e. The van der Waals surface area contributed by atoms with Crippen LogP contribution in [0.3, 0.4) is 0 Å². The van der Waals surface area contributed by atoms with Crippen LogP contribution in [0.5, 0.6) is 0 Å². The van der Waals surface area contributed by atoms with E-state index >= 15 is 0 Å². The standard InChI is InChI=1S/C8H13IO/c9-6-7-10-8-4-2-1-3-5-8/h2,4,8H,1,3,5-7H2. The second-order valence-corrected chi connectivity index (χ2v) is 3.54. The van der Waals surface area contributed by atoms with Gasteiger partial charge in [-0.1, -0.05) is 34.7 Å². The summed E-state index contributed by atoms with van der Waals surface area (Å²) in [5.74, 6) is 0. The Morgan fingerprint density at radius 1 is 1.60 bits per heavy atom. The molecule has 0 radical (unpaired) electrons. The summed E-state index contributed by atoms with van der Waals surface area (Å²) in [6.07, 6.45) is 8.58. The fourth-order valence-electron chi connectivity index (χ4n) is 1.12. The third-order valence-corrected chi connectivity index (χ3v) is 2.06. The molecule has 1 aliphatic rings. The minimum Gasteiger partial charge on any atom is -0.373 e. The molecule has 0 N–H and O–H groups in total. The second-order valence-electron chi connectivity index (χ2n) is 2.46. The predicted molar refractivity (Wildman–Crippen MR) is 51.6 cm³/mol. The van der Waals surface area contributed by atoms with Gasteiger partial charge in [-0.15, -0.1) is 0 Å². The van der Waals surface area contributed by atoms with Crippen LogP contribution in [0.15, 0.2) is 12.2 Å². The zero-order valence-electron chi connectivity index (χ0n) is 6.05. The molecule has 58 valence electrons. The van der Waals surface area contributed by atoms with E-state index < -0.39 is 0 Å². The van der Waals surface area contributed by atoms with Crippen molar-refractivity contribution in [3.63, 3.8) is 0 Å². The van der Waals surface area contributed by atoms with E-state index in [9.17, 15) is 0 Å². The van der Waals surface area contributed by atoms with E-state index in [4.69, 9.17) is 4.74 Å². The van der Waals surface area contributed by atoms with Crippen molar-refractivity contribution in [1.82, 2.24) is 0 Å². The number of allylic oxidation sites excluding steroid dienone is 1. The van der Waals surface area contributed by atoms with Crippen molar-refractivity contribution in [3.05, 3.63) is 12.2 Å². The lowest BCUT2D eigenvalue weighted by molar-refractivity contribution is 0.0892. The lowest BCUT2D eigenvalue weighted by Crippen LogP contribution is -2.13. The molecular formula is C8H13IO. The Hall–Kier alpha value is 0.430. The molecule has 0 aromatic rings. The van der Waals surface area contributed by atoms with E-state index in [2.05, 4.69) is 34.7 Å². The van der Waals surface area contributed by atoms with Crippen molar-refractivity contribution in [2.24, 2.45) is 0 Å². The molecule has 1 nitrogen and oxygen atoms in total. The number of rotatable bonds is 3. The van der Waals surface area contributed by atoms with E-state index in [1.807, 2.05) is 0 Å². The second kappa shape index (κ2) is 5.13. The van der Waals surface area contributed by atoms with Crippen molar-refractivity contribution >= 4 is 22.6 Å². The summed E-state index contributed by atoms with van der Waals surface area (Å²) >= 11 is 2.33. The Labute approximate surface area is 76.0 Å². The highest BCUT2D eigenvalue weighted by Crippen LogP contribution is 2.13. The normalized spacial score (nSPS) is 25.1. The van der Waals surface area contributed by atoms with Crippen LogP contribution in [0.2, 0.25) is 0 Å². The number of halogens is 1. The van der Waals surface area contributed by atoms with Crippen LogP contribution in [0, 0.1) is 0 Å². The summed E-state index contributed by atoms with van der Waals surface area (Å²) in [4.78, 5) is 0. The first kappa shape index (κ1) is 8.53. The van der Waals surface area contributed by atoms with Crippen LogP contribution in [0.4, 0.5) is 0 Å². The molecule has 2 heteroatoms. The molecular weight excluding hydrogens is 239 g/mol. The summed E-state index contributed by atoms with van der Waals surface area (Å²) in [5, 5.41) is 0. The van der Waals surface area contributed by atoms with Gasteiger partial charge < -0.3 is 4.74 Å². The maximum absolute atomic E-state index is 5.54. The Balaban J connectivity index is 2.13. The van der Waals surface area contributed by atoms with E-state index in [0.717, 1.165) is 11.0 Å². The minimum atomic E-state index is 0.420. The molecule has 1 atom stereocenters. The minimum absolute atomic E-state index is 0.420. The maximum Gasteiger partial charge on any atom is 0.0756 e. The van der Waals surface area contributed by atoms with Gasteiger partial charge in [0.1, 0.15) is 0 Å². The van der Waals surface area contributed by atoms with Crippen LogP contribution in [-0.4, -0.2) is 17.1 Å². The highest BCUT2D eigenvalue weighted by atomic mass is 127. The van der Waals surface area contributed by atoms with Gasteiger partial charge in [-0.3, -0.25) is 0 Å². The third-order valence-electron chi connectivity index (χ3n) is 1.62. The SMILES string of the molecule is ICCOC1C=CCCC1. The molecule has 0 saturated heterocycles. The van der Waals surface area contributed by atoms with Crippen LogP contribution < -0.4 is 0 Å². The quantitative estimate of drug-likeness (QED) is 0.426. The molecule has 0 saturated carbocycles. The summed E-state index contributed by atoms with van der Waals surface area (Å²) in [7, 11) is 0. The molecule has 0 bridgehead atoms. The summed E-state index contributed by atoms with van der Waals surface area (Å²) in [5.41, 5.74) is 0. The Kier molecular flexibility index (Phi) is 4.37. The molecule has 0 aliphatic heterocycles. The van der Waals surface area contributed by atoms with E-state index in [1.54, 1.807) is 0 Å². The highest BCUT2D eigenvalue weighted by molar-refractivity contribution is 14.1. The average Bonchev–Trinajstić information content (AvgIpc) is 2.03. The molecule has 1 unspecified atom stereocenters. The number of alkyl halides is 1. The van der Waals surface area contributed by atoms with Gasteiger partial charge in [0.2, 0.25) is 0 Å². The topological polar surface area (TPSA) is 9.23 Å². The first-order valence-corrected chi connectivity index (χ1v) is 5.30. The zero-order valence-corrected chi connectivity index (χ0v) is 8.21. The van der Waals surface area contributed by atoms with Gasteiger partial charge in [0, 0.05) is 4.43 Å². The van der Waals surface area contributed by atoms with Crippen molar-refractivity contribution in [2.45, 2.75) is 25.4 Å². The Morgan fingerprint density at radius 3 is 3.10 bits per heavy atom. The van der Waals surface area contributed by atoms with Gasteiger partial charge in [0.15, 0.2) is 0 Å². The monoisotopic (exact) mass is 252 g/mol. The van der Waals surface area contributed by atoms with E-state index in [0.29, 0.717) is 6.10 Å². The van der Waals surface area contributed by atoms with E-state index in [1.165, 1.54) is 19.3 Å². The first-order valence-electron chi connectivity index (χ1n) is 3.77. The van der Waals surface area contributed by atoms with Crippen LogP contribution >= 0.6 is 22.6 Å². The molecule has 1 rings (SSSR count). The van der Waals surface area contributed by atoms with Crippen LogP contribution in [0.1, 0.15) is 19.3 Å². The molecule has 0 heterocycles. The molecule has 0 amide bonds. The lowest BCUT2D eigenvalue weighted by Gasteiger charge is -2.15. The largest absolute Gasteiger partial charge is 0.373 e. The van der Waals surface area contributed by atoms with Gasteiger partial charge in [-0.05, 0) is 19.3 Å².